The predicted molar refractivity (Wildman–Crippen MR) is 64.3 cm³/mol. The maximum Gasteiger partial charge on any atom is 0.415 e. The number of hydrogen-bond donors (Lipinski definition) is 2. The van der Waals surface area contributed by atoms with Crippen LogP contribution in [0, 0.1) is 0 Å². The Labute approximate surface area is 109 Å². The highest BCUT2D eigenvalue weighted by Crippen LogP contribution is 2.16. The van der Waals surface area contributed by atoms with Gasteiger partial charge in [-0.3, -0.25) is 5.32 Å². The minimum atomic E-state index is -0.866. The first-order valence-electron chi connectivity index (χ1n) is 5.30. The van der Waals surface area contributed by atoms with Crippen LogP contribution in [0.25, 0.3) is 0 Å². The van der Waals surface area contributed by atoms with E-state index in [0.717, 1.165) is 0 Å². The van der Waals surface area contributed by atoms with Gasteiger partial charge >= 0.3 is 12.1 Å². The van der Waals surface area contributed by atoms with Gasteiger partial charge in [0.1, 0.15) is 0 Å². The maximum atomic E-state index is 11.4. The molecule has 0 aliphatic rings. The van der Waals surface area contributed by atoms with Gasteiger partial charge < -0.3 is 14.2 Å². The van der Waals surface area contributed by atoms with Crippen molar-refractivity contribution in [2.75, 3.05) is 26.1 Å². The van der Waals surface area contributed by atoms with E-state index in [1.54, 1.807) is 6.92 Å². The number of hydrogen-bond acceptors (Lipinski definition) is 7. The molecule has 3 amide bonds. The zero-order chi connectivity index (χ0) is 14.3. The molecule has 0 saturated heterocycles. The van der Waals surface area contributed by atoms with Crippen molar-refractivity contribution >= 4 is 18.1 Å². The van der Waals surface area contributed by atoms with Crippen molar-refractivity contribution in [3.63, 3.8) is 0 Å². The minimum Gasteiger partial charge on any atom is -0.481 e. The Bertz CT molecular complexity index is 443. The Morgan fingerprint density at radius 2 is 1.79 bits per heavy atom. The van der Waals surface area contributed by atoms with Crippen LogP contribution in [0.5, 0.6) is 11.8 Å². The molecule has 0 aromatic carbocycles. The zero-order valence-corrected chi connectivity index (χ0v) is 10.7. The predicted octanol–water partition coefficient (Wildman–Crippen LogP) is 0.772. The molecule has 1 rings (SSSR count). The third-order valence-electron chi connectivity index (χ3n) is 1.81. The number of ether oxygens (including phenoxy) is 3. The van der Waals surface area contributed by atoms with Gasteiger partial charge in [-0.1, -0.05) is 0 Å². The molecule has 0 bridgehead atoms. The third kappa shape index (κ3) is 4.66. The fraction of sp³-hybridized carbons (Fsp3) is 0.400. The SMILES string of the molecule is CCOC(=O)NC(=O)Nc1nc(OC)cc(OC)n1. The summed E-state index contributed by atoms with van der Waals surface area (Å²) in [6, 6.07) is 0.614. The van der Waals surface area contributed by atoms with E-state index in [0.29, 0.717) is 0 Å². The first-order valence-corrected chi connectivity index (χ1v) is 5.30. The Morgan fingerprint density at radius 1 is 1.21 bits per heavy atom. The number of carbonyl (C=O) groups is 2. The number of rotatable bonds is 4. The average molecular weight is 270 g/mol. The summed E-state index contributed by atoms with van der Waals surface area (Å²) in [5, 5.41) is 4.18. The number of nitrogens with zero attached hydrogens (tertiary/aromatic N) is 2. The van der Waals surface area contributed by atoms with Crippen LogP contribution < -0.4 is 20.1 Å². The lowest BCUT2D eigenvalue weighted by Crippen LogP contribution is -2.35. The van der Waals surface area contributed by atoms with Crippen LogP contribution >= 0.6 is 0 Å². The molecule has 19 heavy (non-hydrogen) atoms. The second-order valence-corrected chi connectivity index (χ2v) is 3.08. The summed E-state index contributed by atoms with van der Waals surface area (Å²) < 4.78 is 14.3. The number of urea groups is 1. The van der Waals surface area contributed by atoms with Crippen LogP contribution in [-0.2, 0) is 4.74 Å². The van der Waals surface area contributed by atoms with Crippen molar-refractivity contribution < 1.29 is 23.8 Å². The van der Waals surface area contributed by atoms with Gasteiger partial charge in [-0.15, -0.1) is 0 Å². The van der Waals surface area contributed by atoms with Crippen molar-refractivity contribution in [1.29, 1.82) is 0 Å². The Kier molecular flexibility index (Phi) is 5.33. The van der Waals surface area contributed by atoms with Crippen molar-refractivity contribution in [3.05, 3.63) is 6.07 Å². The smallest absolute Gasteiger partial charge is 0.415 e. The molecule has 0 unspecified atom stereocenters. The lowest BCUT2D eigenvalue weighted by atomic mass is 10.6. The standard InChI is InChI=1S/C10H14N4O5/c1-4-19-10(16)14-9(15)13-8-11-6(17-2)5-7(12-8)18-3/h5H,4H2,1-3H3,(H2,11,12,13,14,15,16). The number of methoxy groups -OCH3 is 2. The van der Waals surface area contributed by atoms with Gasteiger partial charge in [-0.05, 0) is 6.92 Å². The summed E-state index contributed by atoms with van der Waals surface area (Å²) in [5.74, 6) is 0.342. The molecule has 9 heteroatoms. The number of anilines is 1. The summed E-state index contributed by atoms with van der Waals surface area (Å²) >= 11 is 0. The van der Waals surface area contributed by atoms with Gasteiger partial charge in [0.2, 0.25) is 17.7 Å². The number of alkyl carbamates (subject to hydrolysis) is 1. The molecule has 0 spiro atoms. The van der Waals surface area contributed by atoms with E-state index in [2.05, 4.69) is 20.0 Å². The Balaban J connectivity index is 2.70. The van der Waals surface area contributed by atoms with Gasteiger partial charge in [0.05, 0.1) is 26.9 Å². The average Bonchev–Trinajstić information content (AvgIpc) is 2.38. The third-order valence-corrected chi connectivity index (χ3v) is 1.81. The molecular weight excluding hydrogens is 256 g/mol. The number of aromatic nitrogens is 2. The largest absolute Gasteiger partial charge is 0.481 e. The molecule has 0 aliphatic carbocycles. The monoisotopic (exact) mass is 270 g/mol. The quantitative estimate of drug-likeness (QED) is 0.831. The first kappa shape index (κ1) is 14.5. The van der Waals surface area contributed by atoms with Gasteiger partial charge in [0.25, 0.3) is 0 Å². The van der Waals surface area contributed by atoms with E-state index >= 15 is 0 Å². The zero-order valence-electron chi connectivity index (χ0n) is 10.7. The second-order valence-electron chi connectivity index (χ2n) is 3.08. The fourth-order valence-corrected chi connectivity index (χ4v) is 1.06. The summed E-state index contributed by atoms with van der Waals surface area (Å²) in [6.45, 7) is 1.77. The molecule has 0 fully saturated rings. The summed E-state index contributed by atoms with van der Waals surface area (Å²) in [6.07, 6.45) is -0.866. The molecule has 0 saturated carbocycles. The van der Waals surface area contributed by atoms with Crippen LogP contribution in [0.1, 0.15) is 6.92 Å². The molecule has 1 aromatic heterocycles. The highest BCUT2D eigenvalue weighted by atomic mass is 16.5. The van der Waals surface area contributed by atoms with Crippen molar-refractivity contribution in [3.8, 4) is 11.8 Å². The molecule has 9 nitrogen and oxygen atoms in total. The summed E-state index contributed by atoms with van der Waals surface area (Å²) in [7, 11) is 2.81. The van der Waals surface area contributed by atoms with E-state index in [1.165, 1.54) is 20.3 Å². The molecule has 0 atom stereocenters. The minimum absolute atomic E-state index is 0.0713. The van der Waals surface area contributed by atoms with Crippen LogP contribution in [0.2, 0.25) is 0 Å². The second kappa shape index (κ2) is 6.99. The number of carbonyl (C=O) groups excluding carboxylic acids is 2. The van der Waals surface area contributed by atoms with Crippen molar-refractivity contribution in [1.82, 2.24) is 15.3 Å². The highest BCUT2D eigenvalue weighted by Gasteiger charge is 2.11. The number of nitrogens with one attached hydrogen (secondary N) is 2. The van der Waals surface area contributed by atoms with Gasteiger partial charge in [-0.2, -0.15) is 9.97 Å². The number of amides is 3. The molecule has 1 heterocycles. The maximum absolute atomic E-state index is 11.4. The lowest BCUT2D eigenvalue weighted by Gasteiger charge is -2.08. The van der Waals surface area contributed by atoms with Crippen LogP contribution in [0.4, 0.5) is 15.5 Å². The van der Waals surface area contributed by atoms with Crippen molar-refractivity contribution in [2.24, 2.45) is 0 Å². The van der Waals surface area contributed by atoms with E-state index in [9.17, 15) is 9.59 Å². The summed E-state index contributed by atoms with van der Waals surface area (Å²) in [5.41, 5.74) is 0. The van der Waals surface area contributed by atoms with E-state index in [-0.39, 0.29) is 24.3 Å². The summed E-state index contributed by atoms with van der Waals surface area (Å²) in [4.78, 5) is 30.1. The lowest BCUT2D eigenvalue weighted by molar-refractivity contribution is 0.154. The van der Waals surface area contributed by atoms with E-state index in [1.807, 2.05) is 5.32 Å². The van der Waals surface area contributed by atoms with Crippen LogP contribution in [0.15, 0.2) is 6.07 Å². The van der Waals surface area contributed by atoms with Gasteiger partial charge in [0, 0.05) is 0 Å². The Morgan fingerprint density at radius 3 is 2.26 bits per heavy atom. The molecular formula is C10H14N4O5. The van der Waals surface area contributed by atoms with Crippen molar-refractivity contribution in [2.45, 2.75) is 6.92 Å². The van der Waals surface area contributed by atoms with Gasteiger partial charge in [0.15, 0.2) is 0 Å². The van der Waals surface area contributed by atoms with E-state index in [4.69, 9.17) is 9.47 Å². The van der Waals surface area contributed by atoms with Crippen LogP contribution in [-0.4, -0.2) is 42.9 Å². The first-order chi connectivity index (χ1) is 9.08. The molecule has 0 radical (unpaired) electrons. The van der Waals surface area contributed by atoms with Crippen LogP contribution in [0.3, 0.4) is 0 Å². The van der Waals surface area contributed by atoms with E-state index < -0.39 is 12.1 Å². The molecule has 2 N–H and O–H groups in total. The topological polar surface area (TPSA) is 112 Å². The normalized spacial score (nSPS) is 9.42. The number of imide groups is 1. The molecule has 0 aliphatic heterocycles. The fourth-order valence-electron chi connectivity index (χ4n) is 1.06. The molecule has 1 aromatic rings. The highest BCUT2D eigenvalue weighted by molar-refractivity contribution is 5.97. The van der Waals surface area contributed by atoms with Gasteiger partial charge in [-0.25, -0.2) is 14.9 Å². The Hall–Kier alpha value is -2.58. The molecule has 104 valence electrons.